The van der Waals surface area contributed by atoms with Crippen LogP contribution in [0.2, 0.25) is 0 Å². The van der Waals surface area contributed by atoms with E-state index in [0.717, 1.165) is 25.7 Å². The molecule has 108 valence electrons. The van der Waals surface area contributed by atoms with Crippen molar-refractivity contribution in [2.75, 3.05) is 12.3 Å². The molecular weight excluding hydrogens is 260 g/mol. The summed E-state index contributed by atoms with van der Waals surface area (Å²) in [5.74, 6) is 1.40. The number of hydrogen-bond donors (Lipinski definition) is 2. The summed E-state index contributed by atoms with van der Waals surface area (Å²) in [7, 11) is 0. The number of H-pyrrole nitrogens is 1. The normalized spacial score (nSPS) is 18.2. The molecule has 0 aromatic carbocycles. The van der Waals surface area contributed by atoms with E-state index in [-0.39, 0.29) is 11.8 Å². The number of rotatable bonds is 4. The molecule has 2 aromatic heterocycles. The second-order valence-corrected chi connectivity index (χ2v) is 4.95. The van der Waals surface area contributed by atoms with Crippen LogP contribution in [0.4, 0.5) is 5.95 Å². The first kappa shape index (κ1) is 13.0. The molecule has 1 aliphatic rings. The first-order valence-electron chi connectivity index (χ1n) is 6.90. The lowest BCUT2D eigenvalue weighted by Gasteiger charge is -2.33. The Bertz CT molecular complexity index is 567. The molecule has 3 rings (SSSR count). The van der Waals surface area contributed by atoms with Crippen LogP contribution in [0, 0.1) is 0 Å². The van der Waals surface area contributed by atoms with E-state index in [0.29, 0.717) is 18.3 Å². The van der Waals surface area contributed by atoms with E-state index in [1.165, 1.54) is 6.42 Å². The van der Waals surface area contributed by atoms with E-state index in [2.05, 4.69) is 25.3 Å². The molecule has 0 aliphatic heterocycles. The van der Waals surface area contributed by atoms with Crippen molar-refractivity contribution in [2.24, 2.45) is 0 Å². The zero-order chi connectivity index (χ0) is 14.0. The molecule has 20 heavy (non-hydrogen) atoms. The first-order chi connectivity index (χ1) is 9.73. The van der Waals surface area contributed by atoms with Crippen LogP contribution in [-0.4, -0.2) is 31.9 Å². The van der Waals surface area contributed by atoms with Crippen molar-refractivity contribution in [3.63, 3.8) is 0 Å². The average Bonchev–Trinajstić information content (AvgIpc) is 3.09. The summed E-state index contributed by atoms with van der Waals surface area (Å²) in [6.45, 7) is 2.60. The zero-order valence-electron chi connectivity index (χ0n) is 11.4. The standard InChI is InChI=1S/C12H18N6O2/c1-2-19-12(6-4-3-5-7-12)10-15-9(20-18-10)8-14-11(13)17-16-8/h2-7H2,1H3,(H3,13,14,16,17). The van der Waals surface area contributed by atoms with Gasteiger partial charge in [-0.2, -0.15) is 9.97 Å². The highest BCUT2D eigenvalue weighted by Gasteiger charge is 2.39. The van der Waals surface area contributed by atoms with E-state index in [1.54, 1.807) is 0 Å². The van der Waals surface area contributed by atoms with Gasteiger partial charge in [0.1, 0.15) is 5.60 Å². The number of anilines is 1. The molecule has 2 aromatic rings. The first-order valence-corrected chi connectivity index (χ1v) is 6.90. The van der Waals surface area contributed by atoms with Crippen LogP contribution in [0.25, 0.3) is 11.7 Å². The third kappa shape index (κ3) is 2.26. The third-order valence-corrected chi connectivity index (χ3v) is 3.62. The van der Waals surface area contributed by atoms with Gasteiger partial charge in [0.15, 0.2) is 0 Å². The lowest BCUT2D eigenvalue weighted by molar-refractivity contribution is -0.0777. The summed E-state index contributed by atoms with van der Waals surface area (Å²) in [5, 5.41) is 10.5. The monoisotopic (exact) mass is 278 g/mol. The minimum atomic E-state index is -0.430. The Balaban J connectivity index is 1.90. The van der Waals surface area contributed by atoms with Crippen molar-refractivity contribution in [1.82, 2.24) is 25.3 Å². The highest BCUT2D eigenvalue weighted by molar-refractivity contribution is 5.41. The van der Waals surface area contributed by atoms with Gasteiger partial charge in [0.05, 0.1) is 0 Å². The Morgan fingerprint density at radius 1 is 1.30 bits per heavy atom. The Morgan fingerprint density at radius 2 is 2.10 bits per heavy atom. The maximum absolute atomic E-state index is 5.95. The van der Waals surface area contributed by atoms with Crippen molar-refractivity contribution in [2.45, 2.75) is 44.6 Å². The van der Waals surface area contributed by atoms with Crippen molar-refractivity contribution >= 4 is 5.95 Å². The molecule has 1 saturated carbocycles. The molecule has 0 radical (unpaired) electrons. The minimum Gasteiger partial charge on any atom is -0.367 e. The second kappa shape index (κ2) is 5.20. The number of hydrogen-bond acceptors (Lipinski definition) is 7. The maximum Gasteiger partial charge on any atom is 0.295 e. The quantitative estimate of drug-likeness (QED) is 0.873. The third-order valence-electron chi connectivity index (χ3n) is 3.62. The Morgan fingerprint density at radius 3 is 2.75 bits per heavy atom. The van der Waals surface area contributed by atoms with Crippen LogP contribution in [-0.2, 0) is 10.3 Å². The van der Waals surface area contributed by atoms with Crippen LogP contribution >= 0.6 is 0 Å². The molecule has 2 heterocycles. The number of aromatic nitrogens is 5. The van der Waals surface area contributed by atoms with Gasteiger partial charge in [-0.3, -0.25) is 5.10 Å². The molecule has 0 bridgehead atoms. The molecule has 0 spiro atoms. The summed E-state index contributed by atoms with van der Waals surface area (Å²) in [6.07, 6.45) is 5.27. The molecular formula is C12H18N6O2. The van der Waals surface area contributed by atoms with Gasteiger partial charge in [0.2, 0.25) is 17.6 Å². The van der Waals surface area contributed by atoms with Crippen molar-refractivity contribution < 1.29 is 9.26 Å². The highest BCUT2D eigenvalue weighted by atomic mass is 16.5. The van der Waals surface area contributed by atoms with Gasteiger partial charge >= 0.3 is 0 Å². The van der Waals surface area contributed by atoms with Crippen molar-refractivity contribution in [3.05, 3.63) is 5.82 Å². The summed E-state index contributed by atoms with van der Waals surface area (Å²) < 4.78 is 11.2. The smallest absolute Gasteiger partial charge is 0.295 e. The molecule has 1 fully saturated rings. The Labute approximate surface area is 116 Å². The van der Waals surface area contributed by atoms with E-state index in [4.69, 9.17) is 15.0 Å². The predicted octanol–water partition coefficient (Wildman–Crippen LogP) is 1.63. The number of aromatic amines is 1. The summed E-state index contributed by atoms with van der Waals surface area (Å²) >= 11 is 0. The largest absolute Gasteiger partial charge is 0.367 e. The van der Waals surface area contributed by atoms with Gasteiger partial charge in [-0.25, -0.2) is 0 Å². The molecule has 0 unspecified atom stereocenters. The molecule has 3 N–H and O–H groups in total. The van der Waals surface area contributed by atoms with E-state index >= 15 is 0 Å². The van der Waals surface area contributed by atoms with Crippen LogP contribution in [0.15, 0.2) is 4.52 Å². The van der Waals surface area contributed by atoms with Gasteiger partial charge in [-0.1, -0.05) is 24.4 Å². The summed E-state index contributed by atoms with van der Waals surface area (Å²) in [5.41, 5.74) is 5.04. The predicted molar refractivity (Wildman–Crippen MR) is 70.5 cm³/mol. The number of ether oxygens (including phenoxy) is 1. The van der Waals surface area contributed by atoms with Gasteiger partial charge in [0.25, 0.3) is 5.89 Å². The molecule has 0 atom stereocenters. The molecule has 0 amide bonds. The summed E-state index contributed by atoms with van der Waals surface area (Å²) in [4.78, 5) is 8.40. The van der Waals surface area contributed by atoms with Crippen molar-refractivity contribution in [1.29, 1.82) is 0 Å². The number of nitrogens with two attached hydrogens (primary N) is 1. The fourth-order valence-electron chi connectivity index (χ4n) is 2.71. The van der Waals surface area contributed by atoms with E-state index in [1.807, 2.05) is 6.92 Å². The fraction of sp³-hybridized carbons (Fsp3) is 0.667. The number of nitrogens with one attached hydrogen (secondary N) is 1. The Hall–Kier alpha value is -1.96. The average molecular weight is 278 g/mol. The molecule has 8 nitrogen and oxygen atoms in total. The summed E-state index contributed by atoms with van der Waals surface area (Å²) in [6, 6.07) is 0. The van der Waals surface area contributed by atoms with Gasteiger partial charge in [-0.05, 0) is 19.8 Å². The van der Waals surface area contributed by atoms with Gasteiger partial charge in [0, 0.05) is 6.61 Å². The highest BCUT2D eigenvalue weighted by Crippen LogP contribution is 2.39. The SMILES string of the molecule is CCOC1(c2noc(-c3nc(N)n[nH]3)n2)CCCCC1. The maximum atomic E-state index is 5.95. The fourth-order valence-corrected chi connectivity index (χ4v) is 2.71. The molecule has 1 aliphatic carbocycles. The second-order valence-electron chi connectivity index (χ2n) is 4.95. The number of nitrogens with zero attached hydrogens (tertiary/aromatic N) is 4. The van der Waals surface area contributed by atoms with Crippen LogP contribution in [0.1, 0.15) is 44.9 Å². The topological polar surface area (TPSA) is 116 Å². The van der Waals surface area contributed by atoms with Crippen molar-refractivity contribution in [3.8, 4) is 11.7 Å². The van der Waals surface area contributed by atoms with Gasteiger partial charge in [-0.15, -0.1) is 5.10 Å². The lowest BCUT2D eigenvalue weighted by atomic mass is 9.84. The number of nitrogen functional groups attached to an aromatic ring is 1. The molecule has 8 heteroatoms. The van der Waals surface area contributed by atoms with E-state index < -0.39 is 5.60 Å². The van der Waals surface area contributed by atoms with Crippen LogP contribution < -0.4 is 5.73 Å². The van der Waals surface area contributed by atoms with Crippen LogP contribution in [0.3, 0.4) is 0 Å². The van der Waals surface area contributed by atoms with Gasteiger partial charge < -0.3 is 15.0 Å². The lowest BCUT2D eigenvalue weighted by Crippen LogP contribution is -2.33. The van der Waals surface area contributed by atoms with E-state index in [9.17, 15) is 0 Å². The zero-order valence-corrected chi connectivity index (χ0v) is 11.4. The Kier molecular flexibility index (Phi) is 3.39. The molecule has 0 saturated heterocycles. The van der Waals surface area contributed by atoms with Crippen LogP contribution in [0.5, 0.6) is 0 Å². The minimum absolute atomic E-state index is 0.150.